The Hall–Kier alpha value is -1.06. The molecule has 8 heteroatoms. The standard InChI is InChI=1S/C13H11Br2N5S/c14-9-6-11(21-13(9)15)12(18-16)10-7-17-19-20(10)8-4-2-1-3-5-8/h1-7,12,18H,16H2. The Morgan fingerprint density at radius 1 is 1.24 bits per heavy atom. The van der Waals surface area contributed by atoms with Gasteiger partial charge in [0, 0.05) is 9.35 Å². The van der Waals surface area contributed by atoms with Crippen LogP contribution in [-0.2, 0) is 0 Å². The highest BCUT2D eigenvalue weighted by Gasteiger charge is 2.21. The molecule has 0 aliphatic carbocycles. The van der Waals surface area contributed by atoms with Gasteiger partial charge in [-0.15, -0.1) is 16.4 Å². The summed E-state index contributed by atoms with van der Waals surface area (Å²) in [6.07, 6.45) is 1.72. The van der Waals surface area contributed by atoms with Crippen molar-refractivity contribution >= 4 is 43.2 Å². The molecule has 1 unspecified atom stereocenters. The van der Waals surface area contributed by atoms with Crippen LogP contribution in [0.1, 0.15) is 16.6 Å². The summed E-state index contributed by atoms with van der Waals surface area (Å²) < 4.78 is 3.81. The lowest BCUT2D eigenvalue weighted by Gasteiger charge is -2.15. The van der Waals surface area contributed by atoms with Gasteiger partial charge in [-0.1, -0.05) is 23.4 Å². The summed E-state index contributed by atoms with van der Waals surface area (Å²) in [5.74, 6) is 5.76. The van der Waals surface area contributed by atoms with E-state index in [0.29, 0.717) is 0 Å². The van der Waals surface area contributed by atoms with Crippen LogP contribution in [0.2, 0.25) is 0 Å². The maximum absolute atomic E-state index is 5.76. The molecule has 0 radical (unpaired) electrons. The number of hydrogen-bond acceptors (Lipinski definition) is 5. The van der Waals surface area contributed by atoms with Gasteiger partial charge in [-0.05, 0) is 50.1 Å². The lowest BCUT2D eigenvalue weighted by Crippen LogP contribution is -2.29. The fourth-order valence-electron chi connectivity index (χ4n) is 2.03. The molecule has 2 aromatic heterocycles. The largest absolute Gasteiger partial charge is 0.270 e. The molecule has 3 rings (SSSR count). The number of halogens is 2. The van der Waals surface area contributed by atoms with Crippen LogP contribution >= 0.6 is 43.2 Å². The zero-order valence-corrected chi connectivity index (χ0v) is 14.7. The Morgan fingerprint density at radius 3 is 2.62 bits per heavy atom. The minimum atomic E-state index is -0.187. The van der Waals surface area contributed by atoms with E-state index in [2.05, 4.69) is 47.6 Å². The fraction of sp³-hybridized carbons (Fsp3) is 0.0769. The van der Waals surface area contributed by atoms with E-state index in [1.165, 1.54) is 0 Å². The Labute approximate surface area is 142 Å². The van der Waals surface area contributed by atoms with Crippen molar-refractivity contribution in [3.05, 3.63) is 61.4 Å². The Morgan fingerprint density at radius 2 is 2.00 bits per heavy atom. The molecule has 0 spiro atoms. The number of hydrazine groups is 1. The van der Waals surface area contributed by atoms with Crippen molar-refractivity contribution in [3.63, 3.8) is 0 Å². The quantitative estimate of drug-likeness (QED) is 0.493. The predicted octanol–water partition coefficient (Wildman–Crippen LogP) is 3.41. The highest BCUT2D eigenvalue weighted by atomic mass is 79.9. The van der Waals surface area contributed by atoms with Crippen LogP contribution in [0.25, 0.3) is 5.69 Å². The Kier molecular flexibility index (Phi) is 4.51. The van der Waals surface area contributed by atoms with Gasteiger partial charge in [-0.2, -0.15) is 0 Å². The third kappa shape index (κ3) is 2.95. The van der Waals surface area contributed by atoms with Crippen molar-refractivity contribution in [2.75, 3.05) is 0 Å². The molecule has 108 valence electrons. The molecule has 3 N–H and O–H groups in total. The number of nitrogens with one attached hydrogen (secondary N) is 1. The third-order valence-electron chi connectivity index (χ3n) is 2.99. The second-order valence-electron chi connectivity index (χ2n) is 4.28. The van der Waals surface area contributed by atoms with E-state index in [9.17, 15) is 0 Å². The van der Waals surface area contributed by atoms with E-state index in [0.717, 1.165) is 24.5 Å². The molecule has 2 heterocycles. The van der Waals surface area contributed by atoms with Gasteiger partial charge in [-0.3, -0.25) is 5.84 Å². The van der Waals surface area contributed by atoms with Gasteiger partial charge >= 0.3 is 0 Å². The van der Waals surface area contributed by atoms with Gasteiger partial charge in [0.05, 0.1) is 27.4 Å². The first-order valence-electron chi connectivity index (χ1n) is 6.07. The average molecular weight is 429 g/mol. The number of nitrogens with zero attached hydrogens (tertiary/aromatic N) is 3. The van der Waals surface area contributed by atoms with Crippen LogP contribution in [0.3, 0.4) is 0 Å². The van der Waals surface area contributed by atoms with Crippen LogP contribution < -0.4 is 11.3 Å². The summed E-state index contributed by atoms with van der Waals surface area (Å²) in [7, 11) is 0. The van der Waals surface area contributed by atoms with Gasteiger partial charge in [0.2, 0.25) is 0 Å². The molecular formula is C13H11Br2N5S. The summed E-state index contributed by atoms with van der Waals surface area (Å²) in [5.41, 5.74) is 4.66. The van der Waals surface area contributed by atoms with E-state index in [1.54, 1.807) is 22.2 Å². The molecule has 5 nitrogen and oxygen atoms in total. The van der Waals surface area contributed by atoms with Crippen molar-refractivity contribution in [1.82, 2.24) is 20.4 Å². The normalized spacial score (nSPS) is 12.5. The Bertz CT molecular complexity index is 721. The average Bonchev–Trinajstić information content (AvgIpc) is 3.09. The lowest BCUT2D eigenvalue weighted by atomic mass is 10.2. The first-order valence-corrected chi connectivity index (χ1v) is 8.48. The number of rotatable bonds is 4. The molecule has 0 aliphatic heterocycles. The zero-order valence-electron chi connectivity index (χ0n) is 10.7. The van der Waals surface area contributed by atoms with E-state index in [-0.39, 0.29) is 6.04 Å². The summed E-state index contributed by atoms with van der Waals surface area (Å²) in [6.45, 7) is 0. The monoisotopic (exact) mass is 427 g/mol. The van der Waals surface area contributed by atoms with Gasteiger partial charge in [0.1, 0.15) is 0 Å². The van der Waals surface area contributed by atoms with Crippen LogP contribution in [0, 0.1) is 0 Å². The summed E-state index contributed by atoms with van der Waals surface area (Å²) in [4.78, 5) is 1.07. The fourth-order valence-corrected chi connectivity index (χ4v) is 4.19. The van der Waals surface area contributed by atoms with Crippen LogP contribution in [0.15, 0.2) is 50.9 Å². The van der Waals surface area contributed by atoms with E-state index in [1.807, 2.05) is 36.4 Å². The minimum Gasteiger partial charge on any atom is -0.270 e. The molecular weight excluding hydrogens is 418 g/mol. The highest BCUT2D eigenvalue weighted by Crippen LogP contribution is 2.37. The second kappa shape index (κ2) is 6.37. The molecule has 1 aromatic carbocycles. The van der Waals surface area contributed by atoms with Crippen molar-refractivity contribution in [2.24, 2.45) is 5.84 Å². The first kappa shape index (κ1) is 14.9. The summed E-state index contributed by atoms with van der Waals surface area (Å²) >= 11 is 8.61. The van der Waals surface area contributed by atoms with Crippen LogP contribution in [-0.4, -0.2) is 15.0 Å². The zero-order chi connectivity index (χ0) is 14.8. The summed E-state index contributed by atoms with van der Waals surface area (Å²) in [5, 5.41) is 8.18. The van der Waals surface area contributed by atoms with Crippen LogP contribution in [0.4, 0.5) is 0 Å². The first-order chi connectivity index (χ1) is 10.2. The van der Waals surface area contributed by atoms with E-state index < -0.39 is 0 Å². The molecule has 21 heavy (non-hydrogen) atoms. The van der Waals surface area contributed by atoms with E-state index >= 15 is 0 Å². The predicted molar refractivity (Wildman–Crippen MR) is 90.2 cm³/mol. The molecule has 0 saturated heterocycles. The molecule has 0 bridgehead atoms. The van der Waals surface area contributed by atoms with E-state index in [4.69, 9.17) is 5.84 Å². The molecule has 0 saturated carbocycles. The molecule has 0 fully saturated rings. The van der Waals surface area contributed by atoms with Crippen molar-refractivity contribution in [3.8, 4) is 5.69 Å². The highest BCUT2D eigenvalue weighted by molar-refractivity contribution is 9.13. The molecule has 0 amide bonds. The number of para-hydroxylation sites is 1. The lowest BCUT2D eigenvalue weighted by molar-refractivity contribution is 0.603. The number of nitrogens with two attached hydrogens (primary N) is 1. The van der Waals surface area contributed by atoms with Crippen molar-refractivity contribution in [2.45, 2.75) is 6.04 Å². The molecule has 3 aromatic rings. The molecule has 0 aliphatic rings. The Balaban J connectivity index is 2.05. The third-order valence-corrected chi connectivity index (χ3v) is 6.31. The maximum Gasteiger partial charge on any atom is 0.0991 e. The second-order valence-corrected chi connectivity index (χ2v) is 7.53. The van der Waals surface area contributed by atoms with Crippen molar-refractivity contribution in [1.29, 1.82) is 0 Å². The smallest absolute Gasteiger partial charge is 0.0991 e. The summed E-state index contributed by atoms with van der Waals surface area (Å²) in [6, 6.07) is 11.7. The van der Waals surface area contributed by atoms with Crippen LogP contribution in [0.5, 0.6) is 0 Å². The number of aromatic nitrogens is 3. The number of benzene rings is 1. The SMILES string of the molecule is NNC(c1cc(Br)c(Br)s1)c1cnnn1-c1ccccc1. The van der Waals surface area contributed by atoms with Gasteiger partial charge in [0.25, 0.3) is 0 Å². The van der Waals surface area contributed by atoms with Gasteiger partial charge < -0.3 is 0 Å². The van der Waals surface area contributed by atoms with Crippen molar-refractivity contribution < 1.29 is 0 Å². The minimum absolute atomic E-state index is 0.187. The number of hydrogen-bond donors (Lipinski definition) is 2. The topological polar surface area (TPSA) is 68.8 Å². The van der Waals surface area contributed by atoms with Gasteiger partial charge in [-0.25, -0.2) is 10.1 Å². The molecule has 1 atom stereocenters. The number of thiophene rings is 1. The van der Waals surface area contributed by atoms with Gasteiger partial charge in [0.15, 0.2) is 0 Å². The maximum atomic E-state index is 5.76.